The highest BCUT2D eigenvalue weighted by Gasteiger charge is 2.14. The molecule has 1 N–H and O–H groups in total. The summed E-state index contributed by atoms with van der Waals surface area (Å²) in [7, 11) is 0. The number of thioether (sulfide) groups is 1. The molecule has 7 heteroatoms. The van der Waals surface area contributed by atoms with E-state index in [0.717, 1.165) is 36.8 Å². The first-order chi connectivity index (χ1) is 14.0. The van der Waals surface area contributed by atoms with E-state index >= 15 is 0 Å². The molecule has 146 valence electrons. The lowest BCUT2D eigenvalue weighted by Gasteiger charge is -2.11. The van der Waals surface area contributed by atoms with Crippen LogP contribution in [0.1, 0.15) is 11.1 Å². The average molecular weight is 440 g/mol. The molecule has 0 unspecified atom stereocenters. The first-order valence-electron chi connectivity index (χ1n) is 9.00. The number of amides is 1. The fourth-order valence-corrected chi connectivity index (χ4v) is 5.29. The van der Waals surface area contributed by atoms with Gasteiger partial charge in [0.05, 0.1) is 16.5 Å². The van der Waals surface area contributed by atoms with Crippen LogP contribution in [0.15, 0.2) is 59.9 Å². The molecule has 0 spiro atoms. The van der Waals surface area contributed by atoms with Gasteiger partial charge in [-0.15, -0.1) is 11.3 Å². The Labute approximate surface area is 182 Å². The lowest BCUT2D eigenvalue weighted by Crippen LogP contribution is -2.15. The largest absolute Gasteiger partial charge is 0.324 e. The van der Waals surface area contributed by atoms with E-state index in [1.165, 1.54) is 11.8 Å². The topological polar surface area (TPSA) is 54.9 Å². The zero-order valence-corrected chi connectivity index (χ0v) is 18.3. The monoisotopic (exact) mass is 439 g/mol. The number of benzene rings is 2. The number of anilines is 1. The van der Waals surface area contributed by atoms with E-state index in [9.17, 15) is 4.79 Å². The predicted octanol–water partition coefficient (Wildman–Crippen LogP) is 6.36. The van der Waals surface area contributed by atoms with Crippen LogP contribution in [0.5, 0.6) is 0 Å². The number of carbonyl (C=O) groups excluding carboxylic acids is 1. The standard InChI is InChI=1S/C22H18ClN3OS2/c1-13-8-14(2)20(17(23)9-13)26-19(27)11-28-21-16-10-18(15-6-4-3-5-7-15)29-22(16)25-12-24-21/h3-10,12H,11H2,1-2H3,(H,26,27). The van der Waals surface area contributed by atoms with E-state index < -0.39 is 0 Å². The molecule has 2 heterocycles. The Morgan fingerprint density at radius 2 is 1.93 bits per heavy atom. The number of hydrogen-bond donors (Lipinski definition) is 1. The maximum atomic E-state index is 12.5. The Hall–Kier alpha value is -2.41. The Bertz CT molecular complexity index is 1170. The molecule has 4 aromatic rings. The van der Waals surface area contributed by atoms with Crippen molar-refractivity contribution < 1.29 is 4.79 Å². The maximum Gasteiger partial charge on any atom is 0.234 e. The van der Waals surface area contributed by atoms with Crippen LogP contribution in [-0.2, 0) is 4.79 Å². The minimum atomic E-state index is -0.117. The molecule has 0 radical (unpaired) electrons. The normalized spacial score (nSPS) is 11.0. The highest BCUT2D eigenvalue weighted by Crippen LogP contribution is 2.36. The number of fused-ring (bicyclic) bond motifs is 1. The fourth-order valence-electron chi connectivity index (χ4n) is 3.08. The summed E-state index contributed by atoms with van der Waals surface area (Å²) in [6.07, 6.45) is 1.55. The number of hydrogen-bond acceptors (Lipinski definition) is 5. The van der Waals surface area contributed by atoms with Crippen molar-refractivity contribution in [1.82, 2.24) is 9.97 Å². The fraction of sp³-hybridized carbons (Fsp3) is 0.136. The van der Waals surface area contributed by atoms with E-state index in [2.05, 4.69) is 33.5 Å². The molecule has 0 saturated heterocycles. The summed E-state index contributed by atoms with van der Waals surface area (Å²) in [5, 5.41) is 5.25. The molecular formula is C22H18ClN3OS2. The smallest absolute Gasteiger partial charge is 0.234 e. The predicted molar refractivity (Wildman–Crippen MR) is 123 cm³/mol. The van der Waals surface area contributed by atoms with Gasteiger partial charge in [-0.3, -0.25) is 4.79 Å². The van der Waals surface area contributed by atoms with Crippen molar-refractivity contribution in [2.24, 2.45) is 0 Å². The third-order valence-electron chi connectivity index (χ3n) is 4.39. The van der Waals surface area contributed by atoms with Crippen LogP contribution in [0, 0.1) is 13.8 Å². The van der Waals surface area contributed by atoms with Gasteiger partial charge in [0.25, 0.3) is 0 Å². The molecule has 0 aliphatic heterocycles. The quantitative estimate of drug-likeness (QED) is 0.290. The van der Waals surface area contributed by atoms with Crippen molar-refractivity contribution in [3.05, 3.63) is 71.0 Å². The number of nitrogens with zero attached hydrogens (tertiary/aromatic N) is 2. The molecule has 0 saturated carbocycles. The number of carbonyl (C=O) groups is 1. The van der Waals surface area contributed by atoms with Crippen LogP contribution in [0.25, 0.3) is 20.7 Å². The van der Waals surface area contributed by atoms with Crippen LogP contribution < -0.4 is 5.32 Å². The number of rotatable bonds is 5. The third-order valence-corrected chi connectivity index (χ3v) is 6.78. The Morgan fingerprint density at radius 1 is 1.14 bits per heavy atom. The molecule has 2 aromatic heterocycles. The molecule has 4 rings (SSSR count). The summed E-state index contributed by atoms with van der Waals surface area (Å²) in [4.78, 5) is 23.3. The highest BCUT2D eigenvalue weighted by molar-refractivity contribution is 8.00. The van der Waals surface area contributed by atoms with Crippen LogP contribution in [0.3, 0.4) is 0 Å². The van der Waals surface area contributed by atoms with Crippen molar-refractivity contribution in [2.75, 3.05) is 11.1 Å². The van der Waals surface area contributed by atoms with Crippen molar-refractivity contribution in [1.29, 1.82) is 0 Å². The van der Waals surface area contributed by atoms with Crippen molar-refractivity contribution in [3.63, 3.8) is 0 Å². The van der Waals surface area contributed by atoms with E-state index in [4.69, 9.17) is 11.6 Å². The summed E-state index contributed by atoms with van der Waals surface area (Å²) >= 11 is 9.32. The van der Waals surface area contributed by atoms with Crippen LogP contribution in [0.2, 0.25) is 5.02 Å². The van der Waals surface area contributed by atoms with Gasteiger partial charge in [-0.25, -0.2) is 9.97 Å². The highest BCUT2D eigenvalue weighted by atomic mass is 35.5. The lowest BCUT2D eigenvalue weighted by atomic mass is 10.1. The van der Waals surface area contributed by atoms with Gasteiger partial charge in [0.1, 0.15) is 16.2 Å². The molecule has 2 aromatic carbocycles. The van der Waals surface area contributed by atoms with Gasteiger partial charge in [0.15, 0.2) is 0 Å². The van der Waals surface area contributed by atoms with E-state index in [-0.39, 0.29) is 11.7 Å². The van der Waals surface area contributed by atoms with Crippen LogP contribution in [-0.4, -0.2) is 21.6 Å². The molecule has 0 aliphatic carbocycles. The number of aromatic nitrogens is 2. The number of thiophene rings is 1. The molecule has 29 heavy (non-hydrogen) atoms. The van der Waals surface area contributed by atoms with Crippen molar-refractivity contribution in [2.45, 2.75) is 18.9 Å². The summed E-state index contributed by atoms with van der Waals surface area (Å²) in [6.45, 7) is 3.91. The van der Waals surface area contributed by atoms with Gasteiger partial charge in [0.2, 0.25) is 5.91 Å². The minimum absolute atomic E-state index is 0.117. The van der Waals surface area contributed by atoms with E-state index in [0.29, 0.717) is 10.7 Å². The second-order valence-corrected chi connectivity index (χ2v) is 9.05. The first-order valence-corrected chi connectivity index (χ1v) is 11.2. The van der Waals surface area contributed by atoms with Gasteiger partial charge in [-0.05, 0) is 42.7 Å². The summed E-state index contributed by atoms with van der Waals surface area (Å²) in [5.41, 5.74) is 3.82. The summed E-state index contributed by atoms with van der Waals surface area (Å²) in [6, 6.07) is 16.1. The first kappa shape index (κ1) is 19.9. The molecule has 0 atom stereocenters. The summed E-state index contributed by atoms with van der Waals surface area (Å²) in [5.74, 6) is 0.126. The second kappa shape index (κ2) is 8.53. The Balaban J connectivity index is 1.51. The second-order valence-electron chi connectivity index (χ2n) is 6.65. The molecule has 0 bridgehead atoms. The van der Waals surface area contributed by atoms with Crippen LogP contribution >= 0.6 is 34.7 Å². The van der Waals surface area contributed by atoms with Gasteiger partial charge < -0.3 is 5.32 Å². The molecule has 0 fully saturated rings. The number of nitrogens with one attached hydrogen (secondary N) is 1. The molecule has 0 aliphatic rings. The lowest BCUT2D eigenvalue weighted by molar-refractivity contribution is -0.113. The number of halogens is 1. The molecule has 4 nitrogen and oxygen atoms in total. The van der Waals surface area contributed by atoms with Crippen molar-refractivity contribution in [3.8, 4) is 10.4 Å². The van der Waals surface area contributed by atoms with Crippen molar-refractivity contribution >= 4 is 56.5 Å². The van der Waals surface area contributed by atoms with Gasteiger partial charge in [0, 0.05) is 10.3 Å². The average Bonchev–Trinajstić information content (AvgIpc) is 3.15. The van der Waals surface area contributed by atoms with Crippen LogP contribution in [0.4, 0.5) is 5.69 Å². The van der Waals surface area contributed by atoms with Gasteiger partial charge in [-0.2, -0.15) is 0 Å². The molecular weight excluding hydrogens is 422 g/mol. The molecule has 1 amide bonds. The Morgan fingerprint density at radius 3 is 2.69 bits per heavy atom. The SMILES string of the molecule is Cc1cc(C)c(NC(=O)CSc2ncnc3sc(-c4ccccc4)cc23)c(Cl)c1. The maximum absolute atomic E-state index is 12.5. The van der Waals surface area contributed by atoms with Gasteiger partial charge >= 0.3 is 0 Å². The van der Waals surface area contributed by atoms with E-state index in [1.807, 2.05) is 44.2 Å². The van der Waals surface area contributed by atoms with E-state index in [1.54, 1.807) is 17.7 Å². The number of aryl methyl sites for hydroxylation is 2. The zero-order chi connectivity index (χ0) is 20.4. The van der Waals surface area contributed by atoms with Gasteiger partial charge in [-0.1, -0.05) is 59.8 Å². The minimum Gasteiger partial charge on any atom is -0.324 e. The third kappa shape index (κ3) is 4.45. The zero-order valence-electron chi connectivity index (χ0n) is 15.9. The summed E-state index contributed by atoms with van der Waals surface area (Å²) < 4.78 is 0. The Kier molecular flexibility index (Phi) is 5.85.